The molecule has 4 aromatic rings. The Balaban J connectivity index is 1.75. The first-order valence-corrected chi connectivity index (χ1v) is 11.7. The van der Waals surface area contributed by atoms with Gasteiger partial charge in [-0.1, -0.05) is 6.92 Å². The molecule has 1 aliphatic rings. The lowest BCUT2D eigenvalue weighted by atomic mass is 10.0. The Bertz CT molecular complexity index is 1620. The third-order valence-electron chi connectivity index (χ3n) is 6.25. The standard InChI is InChI=1S/C28H23FN4O4/c1-4-22-23(27(35)33(30-22)20-9-7-18(29)8-10-20)24-25(31-15-5-6-17(2)16-31)28(36)32(26(24)34)19-11-13-21(37-3)14-12-19/h5-16H,4H2,1-3H3/p+1. The van der Waals surface area contributed by atoms with Crippen LogP contribution in [0.25, 0.3) is 17.0 Å². The summed E-state index contributed by atoms with van der Waals surface area (Å²) in [7, 11) is 1.53. The number of benzene rings is 2. The van der Waals surface area contributed by atoms with Gasteiger partial charge in [0.15, 0.2) is 12.4 Å². The van der Waals surface area contributed by atoms with Gasteiger partial charge in [-0.3, -0.25) is 19.5 Å². The second kappa shape index (κ2) is 9.34. The fourth-order valence-electron chi connectivity index (χ4n) is 4.45. The van der Waals surface area contributed by atoms with Crippen molar-refractivity contribution in [3.05, 3.63) is 106 Å². The minimum Gasteiger partial charge on any atom is -0.497 e. The molecule has 186 valence electrons. The number of hydrogen-bond donors (Lipinski definition) is 1. The highest BCUT2D eigenvalue weighted by Gasteiger charge is 2.48. The van der Waals surface area contributed by atoms with Gasteiger partial charge in [-0.05, 0) is 67.9 Å². The zero-order valence-corrected chi connectivity index (χ0v) is 20.5. The number of anilines is 1. The maximum absolute atomic E-state index is 13.9. The molecule has 5 rings (SSSR count). The van der Waals surface area contributed by atoms with Gasteiger partial charge in [0.1, 0.15) is 17.1 Å². The number of aryl methyl sites for hydroxylation is 2. The lowest BCUT2D eigenvalue weighted by molar-refractivity contribution is -0.577. The van der Waals surface area contributed by atoms with E-state index in [9.17, 15) is 18.8 Å². The summed E-state index contributed by atoms with van der Waals surface area (Å²) in [6.45, 7) is 3.71. The van der Waals surface area contributed by atoms with Crippen molar-refractivity contribution in [2.24, 2.45) is 0 Å². The number of hydrogen-bond acceptors (Lipinski definition) is 4. The van der Waals surface area contributed by atoms with E-state index in [1.807, 2.05) is 19.9 Å². The number of methoxy groups -OCH3 is 1. The number of imide groups is 1. The summed E-state index contributed by atoms with van der Waals surface area (Å²) in [5.74, 6) is -1.04. The minimum absolute atomic E-state index is 0.00428. The molecule has 0 saturated carbocycles. The van der Waals surface area contributed by atoms with Crippen molar-refractivity contribution in [1.82, 2.24) is 9.78 Å². The van der Waals surface area contributed by atoms with E-state index in [-0.39, 0.29) is 16.8 Å². The highest BCUT2D eigenvalue weighted by atomic mass is 19.1. The van der Waals surface area contributed by atoms with Crippen molar-refractivity contribution in [3.8, 4) is 11.4 Å². The Morgan fingerprint density at radius 1 is 0.946 bits per heavy atom. The summed E-state index contributed by atoms with van der Waals surface area (Å²) < 4.78 is 21.5. The van der Waals surface area contributed by atoms with E-state index in [0.29, 0.717) is 29.2 Å². The highest BCUT2D eigenvalue weighted by Crippen LogP contribution is 2.34. The number of carbonyl (C=O) groups excluding carboxylic acids is 2. The molecular weight excluding hydrogens is 475 g/mol. The van der Waals surface area contributed by atoms with Gasteiger partial charge in [0, 0.05) is 17.3 Å². The molecule has 0 spiro atoms. The molecule has 0 bridgehead atoms. The van der Waals surface area contributed by atoms with E-state index < -0.39 is 23.2 Å². The third kappa shape index (κ3) is 4.04. The number of ether oxygens (including phenoxy) is 1. The summed E-state index contributed by atoms with van der Waals surface area (Å²) in [5.41, 5.74) is 1.76. The van der Waals surface area contributed by atoms with Gasteiger partial charge in [-0.2, -0.15) is 4.57 Å². The van der Waals surface area contributed by atoms with Crippen LogP contribution in [0.2, 0.25) is 0 Å². The van der Waals surface area contributed by atoms with Gasteiger partial charge in [0.05, 0.1) is 24.0 Å². The normalized spacial score (nSPS) is 13.6. The van der Waals surface area contributed by atoms with E-state index in [1.54, 1.807) is 47.3 Å². The summed E-state index contributed by atoms with van der Waals surface area (Å²) in [4.78, 5) is 42.6. The SMILES string of the molecule is CCc1[nH]n(-c2ccc(F)cc2)c(=O)c1C1=C([n+]2cccc(C)c2)C(=O)N(c2ccc(OC)cc2)C1=O. The number of carbonyl (C=O) groups is 2. The quantitative estimate of drug-likeness (QED) is 0.325. The topological polar surface area (TPSA) is 88.3 Å². The van der Waals surface area contributed by atoms with Crippen molar-refractivity contribution < 1.29 is 23.3 Å². The fourth-order valence-corrected chi connectivity index (χ4v) is 4.45. The molecule has 3 heterocycles. The van der Waals surface area contributed by atoms with Gasteiger partial charge in [0.2, 0.25) is 0 Å². The molecular formula is C28H24FN4O4+. The van der Waals surface area contributed by atoms with Crippen LogP contribution in [0.1, 0.15) is 23.7 Å². The van der Waals surface area contributed by atoms with Gasteiger partial charge >= 0.3 is 5.91 Å². The Hall–Kier alpha value is -4.79. The predicted octanol–water partition coefficient (Wildman–Crippen LogP) is 3.41. The summed E-state index contributed by atoms with van der Waals surface area (Å²) in [5, 5.41) is 3.04. The van der Waals surface area contributed by atoms with E-state index in [0.717, 1.165) is 10.5 Å². The Kier molecular flexibility index (Phi) is 6.04. The van der Waals surface area contributed by atoms with Crippen LogP contribution in [-0.2, 0) is 16.0 Å². The molecule has 9 heteroatoms. The number of H-pyrrole nitrogens is 1. The second-order valence-electron chi connectivity index (χ2n) is 8.59. The fraction of sp³-hybridized carbons (Fsp3) is 0.143. The number of amides is 2. The first kappa shape index (κ1) is 23.9. The molecule has 2 aromatic carbocycles. The maximum atomic E-state index is 13.9. The molecule has 0 radical (unpaired) electrons. The van der Waals surface area contributed by atoms with Crippen LogP contribution in [0.15, 0.2) is 77.9 Å². The first-order chi connectivity index (χ1) is 17.8. The van der Waals surface area contributed by atoms with Crippen LogP contribution >= 0.6 is 0 Å². The van der Waals surface area contributed by atoms with Gasteiger partial charge < -0.3 is 4.74 Å². The first-order valence-electron chi connectivity index (χ1n) is 11.7. The zero-order chi connectivity index (χ0) is 26.3. The number of nitrogens with one attached hydrogen (secondary N) is 1. The van der Waals surface area contributed by atoms with E-state index in [4.69, 9.17) is 4.74 Å². The second-order valence-corrected chi connectivity index (χ2v) is 8.59. The Morgan fingerprint density at radius 3 is 2.24 bits per heavy atom. The van der Waals surface area contributed by atoms with Crippen molar-refractivity contribution in [2.45, 2.75) is 20.3 Å². The van der Waals surface area contributed by atoms with Gasteiger partial charge in [-0.15, -0.1) is 0 Å². The zero-order valence-electron chi connectivity index (χ0n) is 20.5. The maximum Gasteiger partial charge on any atom is 0.331 e. The molecule has 1 N–H and O–H groups in total. The molecule has 2 aromatic heterocycles. The van der Waals surface area contributed by atoms with Crippen LogP contribution in [0, 0.1) is 12.7 Å². The molecule has 0 atom stereocenters. The largest absolute Gasteiger partial charge is 0.497 e. The van der Waals surface area contributed by atoms with Crippen LogP contribution in [0.3, 0.4) is 0 Å². The molecule has 37 heavy (non-hydrogen) atoms. The van der Waals surface area contributed by atoms with E-state index in [1.165, 1.54) is 36.1 Å². The summed E-state index contributed by atoms with van der Waals surface area (Å²) in [6, 6.07) is 15.6. The van der Waals surface area contributed by atoms with Crippen molar-refractivity contribution in [2.75, 3.05) is 12.0 Å². The average molecular weight is 500 g/mol. The summed E-state index contributed by atoms with van der Waals surface area (Å²) in [6.07, 6.45) is 3.79. The van der Waals surface area contributed by atoms with Crippen molar-refractivity contribution in [1.29, 1.82) is 0 Å². The van der Waals surface area contributed by atoms with Crippen LogP contribution in [0.4, 0.5) is 10.1 Å². The highest BCUT2D eigenvalue weighted by molar-refractivity contribution is 6.53. The Labute approximate surface area is 211 Å². The van der Waals surface area contributed by atoms with Crippen LogP contribution < -0.4 is 19.8 Å². The van der Waals surface area contributed by atoms with Gasteiger partial charge in [0.25, 0.3) is 17.2 Å². The molecule has 0 fully saturated rings. The molecule has 0 unspecified atom stereocenters. The minimum atomic E-state index is -0.615. The number of rotatable bonds is 6. The number of nitrogens with zero attached hydrogens (tertiary/aromatic N) is 3. The van der Waals surface area contributed by atoms with Crippen molar-refractivity contribution in [3.63, 3.8) is 0 Å². The number of halogens is 1. The smallest absolute Gasteiger partial charge is 0.331 e. The van der Waals surface area contributed by atoms with Crippen molar-refractivity contribution >= 4 is 28.8 Å². The average Bonchev–Trinajstić information content (AvgIpc) is 3.36. The van der Waals surface area contributed by atoms with Gasteiger partial charge in [-0.25, -0.2) is 14.0 Å². The summed E-state index contributed by atoms with van der Waals surface area (Å²) >= 11 is 0. The number of aromatic amines is 1. The number of aromatic nitrogens is 3. The lowest BCUT2D eigenvalue weighted by Crippen LogP contribution is -2.39. The lowest BCUT2D eigenvalue weighted by Gasteiger charge is -2.14. The third-order valence-corrected chi connectivity index (χ3v) is 6.25. The molecule has 8 nitrogen and oxygen atoms in total. The van der Waals surface area contributed by atoms with Crippen LogP contribution in [-0.4, -0.2) is 28.7 Å². The Morgan fingerprint density at radius 2 is 1.62 bits per heavy atom. The predicted molar refractivity (Wildman–Crippen MR) is 136 cm³/mol. The number of pyridine rings is 1. The van der Waals surface area contributed by atoms with E-state index in [2.05, 4.69) is 5.10 Å². The molecule has 1 aliphatic heterocycles. The molecule has 2 amide bonds. The molecule has 0 aliphatic carbocycles. The monoisotopic (exact) mass is 499 g/mol. The van der Waals surface area contributed by atoms with E-state index >= 15 is 0 Å². The molecule has 0 saturated heterocycles. The van der Waals surface area contributed by atoms with Crippen LogP contribution in [0.5, 0.6) is 5.75 Å².